The lowest BCUT2D eigenvalue weighted by Crippen LogP contribution is -2.35. The lowest BCUT2D eigenvalue weighted by molar-refractivity contribution is 0.201. The number of nitrogens with zero attached hydrogens (tertiary/aromatic N) is 2. The van der Waals surface area contributed by atoms with Crippen molar-refractivity contribution in [2.24, 2.45) is 0 Å². The summed E-state index contributed by atoms with van der Waals surface area (Å²) in [4.78, 5) is 10.6. The van der Waals surface area contributed by atoms with Crippen molar-refractivity contribution < 1.29 is 4.74 Å². The van der Waals surface area contributed by atoms with Crippen LogP contribution in [0, 0.1) is 0 Å². The first-order valence-electron chi connectivity index (χ1n) is 10.3. The molecule has 0 saturated carbocycles. The van der Waals surface area contributed by atoms with Crippen LogP contribution in [0.15, 0.2) is 73.1 Å². The molecule has 4 aromatic rings. The van der Waals surface area contributed by atoms with E-state index in [1.165, 1.54) is 33.3 Å². The number of ether oxygens (including phenoxy) is 1. The van der Waals surface area contributed by atoms with Gasteiger partial charge in [-0.3, -0.25) is 9.88 Å². The fourth-order valence-electron chi connectivity index (χ4n) is 4.48. The predicted octanol–water partition coefficient (Wildman–Crippen LogP) is 5.11. The van der Waals surface area contributed by atoms with Crippen LogP contribution in [0.25, 0.3) is 10.9 Å². The van der Waals surface area contributed by atoms with Gasteiger partial charge in [0.1, 0.15) is 5.75 Å². The highest BCUT2D eigenvalue weighted by Crippen LogP contribution is 2.39. The third-order valence-electron chi connectivity index (χ3n) is 5.75. The van der Waals surface area contributed by atoms with Gasteiger partial charge < -0.3 is 9.72 Å². The molecule has 5 rings (SSSR count). The third kappa shape index (κ3) is 3.40. The molecule has 0 amide bonds. The molecular weight excluding hydrogens is 358 g/mol. The van der Waals surface area contributed by atoms with Crippen LogP contribution in [-0.4, -0.2) is 28.0 Å². The van der Waals surface area contributed by atoms with Crippen molar-refractivity contribution in [3.05, 3.63) is 95.4 Å². The normalized spacial score (nSPS) is 16.7. The van der Waals surface area contributed by atoms with Crippen LogP contribution < -0.4 is 4.74 Å². The first-order chi connectivity index (χ1) is 14.3. The summed E-state index contributed by atoms with van der Waals surface area (Å²) in [7, 11) is 0. The number of benzene rings is 2. The van der Waals surface area contributed by atoms with Crippen LogP contribution in [0.2, 0.25) is 0 Å². The first kappa shape index (κ1) is 18.0. The lowest BCUT2D eigenvalue weighted by atomic mass is 9.92. The molecular formula is C25H25N3O. The Balaban J connectivity index is 1.58. The predicted molar refractivity (Wildman–Crippen MR) is 116 cm³/mol. The molecule has 0 bridgehead atoms. The van der Waals surface area contributed by atoms with E-state index in [0.29, 0.717) is 6.61 Å². The largest absolute Gasteiger partial charge is 0.494 e. The number of pyridine rings is 1. The minimum absolute atomic E-state index is 0.182. The van der Waals surface area contributed by atoms with Crippen LogP contribution in [0.4, 0.5) is 0 Å². The summed E-state index contributed by atoms with van der Waals surface area (Å²) < 4.78 is 5.66. The van der Waals surface area contributed by atoms with Crippen molar-refractivity contribution >= 4 is 10.9 Å². The molecule has 3 heterocycles. The van der Waals surface area contributed by atoms with Gasteiger partial charge in [-0.1, -0.05) is 36.4 Å². The number of para-hydroxylation sites is 1. The molecule has 1 N–H and O–H groups in total. The molecule has 0 spiro atoms. The topological polar surface area (TPSA) is 41.1 Å². The van der Waals surface area contributed by atoms with Gasteiger partial charge in [-0.25, -0.2) is 0 Å². The maximum atomic E-state index is 5.66. The van der Waals surface area contributed by atoms with Gasteiger partial charge in [-0.15, -0.1) is 0 Å². The standard InChI is InChI=1S/C25H25N3O/c1-2-29-20-11-9-19(10-12-20)25-24-22(21-7-3-4-8-23(21)27-24)13-15-28(25)17-18-6-5-14-26-16-18/h3-12,14,16,25,27H,2,13,15,17H2,1H3. The minimum Gasteiger partial charge on any atom is -0.494 e. The molecule has 146 valence electrons. The van der Waals surface area contributed by atoms with Crippen molar-refractivity contribution in [3.8, 4) is 5.75 Å². The van der Waals surface area contributed by atoms with Crippen LogP contribution in [-0.2, 0) is 13.0 Å². The average Bonchev–Trinajstić information content (AvgIpc) is 3.14. The highest BCUT2D eigenvalue weighted by atomic mass is 16.5. The Bertz CT molecular complexity index is 1100. The summed E-state index contributed by atoms with van der Waals surface area (Å²) in [6.07, 6.45) is 4.85. The molecule has 2 aromatic heterocycles. The van der Waals surface area contributed by atoms with E-state index in [-0.39, 0.29) is 6.04 Å². The molecule has 0 fully saturated rings. The van der Waals surface area contributed by atoms with E-state index in [0.717, 1.165) is 25.3 Å². The zero-order chi connectivity index (χ0) is 19.6. The van der Waals surface area contributed by atoms with Crippen molar-refractivity contribution in [2.75, 3.05) is 13.2 Å². The Labute approximate surface area is 171 Å². The summed E-state index contributed by atoms with van der Waals surface area (Å²) in [5, 5.41) is 1.35. The summed E-state index contributed by atoms with van der Waals surface area (Å²) >= 11 is 0. The van der Waals surface area contributed by atoms with E-state index in [2.05, 4.69) is 69.5 Å². The van der Waals surface area contributed by atoms with Crippen molar-refractivity contribution in [1.29, 1.82) is 0 Å². The molecule has 0 radical (unpaired) electrons. The van der Waals surface area contributed by atoms with Crippen molar-refractivity contribution in [2.45, 2.75) is 25.9 Å². The highest BCUT2D eigenvalue weighted by molar-refractivity contribution is 5.85. The Morgan fingerprint density at radius 2 is 1.93 bits per heavy atom. The quantitative estimate of drug-likeness (QED) is 0.521. The number of aromatic nitrogens is 2. The SMILES string of the molecule is CCOc1ccc(C2c3[nH]c4ccccc4c3CCN2Cc2cccnc2)cc1. The molecule has 4 nitrogen and oxygen atoms in total. The number of hydrogen-bond acceptors (Lipinski definition) is 3. The number of rotatable bonds is 5. The molecule has 2 aromatic carbocycles. The molecule has 1 aliphatic rings. The van der Waals surface area contributed by atoms with Crippen molar-refractivity contribution in [1.82, 2.24) is 14.9 Å². The Morgan fingerprint density at radius 1 is 1.07 bits per heavy atom. The number of H-pyrrole nitrogens is 1. The fourth-order valence-corrected chi connectivity index (χ4v) is 4.48. The summed E-state index contributed by atoms with van der Waals surface area (Å²) in [6, 6.07) is 21.6. The number of nitrogens with one attached hydrogen (secondary N) is 1. The Kier molecular flexibility index (Phi) is 4.78. The van der Waals surface area contributed by atoms with Gasteiger partial charge >= 0.3 is 0 Å². The Morgan fingerprint density at radius 3 is 2.72 bits per heavy atom. The monoisotopic (exact) mass is 383 g/mol. The number of aromatic amines is 1. The average molecular weight is 383 g/mol. The minimum atomic E-state index is 0.182. The van der Waals surface area contributed by atoms with E-state index in [4.69, 9.17) is 4.74 Å². The van der Waals surface area contributed by atoms with Gasteiger partial charge in [-0.05, 0) is 54.3 Å². The van der Waals surface area contributed by atoms with Crippen LogP contribution in [0.3, 0.4) is 0 Å². The molecule has 1 atom stereocenters. The lowest BCUT2D eigenvalue weighted by Gasteiger charge is -2.36. The van der Waals surface area contributed by atoms with Crippen molar-refractivity contribution in [3.63, 3.8) is 0 Å². The number of fused-ring (bicyclic) bond motifs is 3. The summed E-state index contributed by atoms with van der Waals surface area (Å²) in [6.45, 7) is 4.59. The summed E-state index contributed by atoms with van der Waals surface area (Å²) in [5.41, 5.74) is 6.50. The van der Waals surface area contributed by atoms with Gasteiger partial charge in [0.05, 0.1) is 12.6 Å². The highest BCUT2D eigenvalue weighted by Gasteiger charge is 2.31. The van der Waals surface area contributed by atoms with Crippen LogP contribution in [0.1, 0.15) is 35.3 Å². The molecule has 0 saturated heterocycles. The number of hydrogen-bond donors (Lipinski definition) is 1. The van der Waals surface area contributed by atoms with E-state index in [1.54, 1.807) is 0 Å². The smallest absolute Gasteiger partial charge is 0.119 e. The van der Waals surface area contributed by atoms with E-state index in [1.807, 2.05) is 25.4 Å². The van der Waals surface area contributed by atoms with Gasteiger partial charge in [0.15, 0.2) is 0 Å². The third-order valence-corrected chi connectivity index (χ3v) is 5.75. The maximum Gasteiger partial charge on any atom is 0.119 e. The van der Waals surface area contributed by atoms with E-state index in [9.17, 15) is 0 Å². The molecule has 1 unspecified atom stereocenters. The Hall–Kier alpha value is -3.11. The first-order valence-corrected chi connectivity index (χ1v) is 10.3. The summed E-state index contributed by atoms with van der Waals surface area (Å²) in [5.74, 6) is 0.919. The van der Waals surface area contributed by atoms with Gasteiger partial charge in [0, 0.05) is 42.1 Å². The zero-order valence-electron chi connectivity index (χ0n) is 16.6. The molecule has 1 aliphatic heterocycles. The van der Waals surface area contributed by atoms with Gasteiger partial charge in [-0.2, -0.15) is 0 Å². The van der Waals surface area contributed by atoms with E-state index < -0.39 is 0 Å². The molecule has 4 heteroatoms. The zero-order valence-corrected chi connectivity index (χ0v) is 16.6. The van der Waals surface area contributed by atoms with Crippen LogP contribution in [0.5, 0.6) is 5.75 Å². The van der Waals surface area contributed by atoms with Gasteiger partial charge in [0.25, 0.3) is 0 Å². The molecule has 0 aliphatic carbocycles. The second-order valence-electron chi connectivity index (χ2n) is 7.55. The molecule has 29 heavy (non-hydrogen) atoms. The second-order valence-corrected chi connectivity index (χ2v) is 7.55. The van der Waals surface area contributed by atoms with Crippen LogP contribution >= 0.6 is 0 Å². The van der Waals surface area contributed by atoms with E-state index >= 15 is 0 Å². The maximum absolute atomic E-state index is 5.66. The second kappa shape index (κ2) is 7.72. The van der Waals surface area contributed by atoms with Gasteiger partial charge in [0.2, 0.25) is 0 Å². The fraction of sp³-hybridized carbons (Fsp3) is 0.240.